The molecule has 0 spiro atoms. The van der Waals surface area contributed by atoms with Crippen molar-refractivity contribution < 1.29 is 56.2 Å². The van der Waals surface area contributed by atoms with Gasteiger partial charge in [0.05, 0.1) is 4.92 Å². The van der Waals surface area contributed by atoms with E-state index in [1.54, 1.807) is 5.32 Å². The van der Waals surface area contributed by atoms with Crippen LogP contribution in [0.3, 0.4) is 0 Å². The molecule has 0 saturated heterocycles. The number of benzene rings is 1. The Kier molecular flexibility index (Phi) is 7.49. The Labute approximate surface area is 169 Å². The highest BCUT2D eigenvalue weighted by Crippen LogP contribution is 2.37. The van der Waals surface area contributed by atoms with Gasteiger partial charge in [0, 0.05) is 17.7 Å². The molecule has 0 unspecified atom stereocenters. The quantitative estimate of drug-likeness (QED) is 0.209. The van der Waals surface area contributed by atoms with Crippen LogP contribution in [0.2, 0.25) is 0 Å². The molecule has 0 atom stereocenters. The minimum absolute atomic E-state index is 0.0000273. The van der Waals surface area contributed by atoms with Gasteiger partial charge >= 0.3 is 29.7 Å². The first-order valence-corrected chi connectivity index (χ1v) is 8.24. The van der Waals surface area contributed by atoms with Gasteiger partial charge in [-0.2, -0.15) is 22.0 Å². The number of nitrogens with one attached hydrogen (secondary N) is 1. The number of rotatable bonds is 10. The van der Waals surface area contributed by atoms with Crippen molar-refractivity contribution in [3.63, 3.8) is 0 Å². The SMILES string of the molecule is CCCC(NC(=O)c1ccc([N+](=O)[O-])c(OCC(F)(F)C(F)(F)F)c1)(C(=O)O)C(=O)O. The maximum absolute atomic E-state index is 13.1. The second-order valence-corrected chi connectivity index (χ2v) is 6.15. The van der Waals surface area contributed by atoms with Crippen LogP contribution in [-0.2, 0) is 9.59 Å². The predicted molar refractivity (Wildman–Crippen MR) is 90.0 cm³/mol. The molecule has 0 aliphatic heterocycles. The molecule has 0 bridgehead atoms. The van der Waals surface area contributed by atoms with Crippen molar-refractivity contribution in [3.8, 4) is 5.75 Å². The molecular weight excluding hydrogens is 443 g/mol. The lowest BCUT2D eigenvalue weighted by Gasteiger charge is -2.25. The number of hydrogen-bond donors (Lipinski definition) is 3. The summed E-state index contributed by atoms with van der Waals surface area (Å²) in [6, 6.07) is 1.67. The van der Waals surface area contributed by atoms with Gasteiger partial charge in [-0.25, -0.2) is 9.59 Å². The highest BCUT2D eigenvalue weighted by atomic mass is 19.4. The highest BCUT2D eigenvalue weighted by Gasteiger charge is 2.58. The second kappa shape index (κ2) is 9.09. The predicted octanol–water partition coefficient (Wildman–Crippen LogP) is 2.61. The van der Waals surface area contributed by atoms with E-state index in [0.717, 1.165) is 0 Å². The second-order valence-electron chi connectivity index (χ2n) is 6.15. The summed E-state index contributed by atoms with van der Waals surface area (Å²) >= 11 is 0. The van der Waals surface area contributed by atoms with Gasteiger partial charge in [0.2, 0.25) is 5.54 Å². The van der Waals surface area contributed by atoms with Gasteiger partial charge in [0.25, 0.3) is 5.91 Å². The van der Waals surface area contributed by atoms with Gasteiger partial charge in [-0.1, -0.05) is 13.3 Å². The normalized spacial score (nSPS) is 12.2. The number of halogens is 5. The van der Waals surface area contributed by atoms with E-state index >= 15 is 0 Å². The molecule has 3 N–H and O–H groups in total. The Hall–Kier alpha value is -3.52. The topological polar surface area (TPSA) is 156 Å². The molecule has 0 aliphatic rings. The molecule has 0 heterocycles. The van der Waals surface area contributed by atoms with E-state index in [2.05, 4.69) is 4.74 Å². The lowest BCUT2D eigenvalue weighted by Crippen LogP contribution is -2.60. The standard InChI is InChI=1S/C16H15F5N2O8/c1-2-5-14(12(25)26,13(27)28)22-11(24)8-3-4-9(23(29)30)10(6-8)31-7-15(17,18)16(19,20)21/h3-4,6H,2,5,7H2,1H3,(H,22,24)(H,25,26)(H,27,28). The molecule has 1 amide bonds. The third kappa shape index (κ3) is 5.55. The van der Waals surface area contributed by atoms with Crippen LogP contribution in [0.15, 0.2) is 18.2 Å². The fourth-order valence-electron chi connectivity index (χ4n) is 2.29. The molecule has 15 heteroatoms. The number of ether oxygens (including phenoxy) is 1. The average Bonchev–Trinajstić information content (AvgIpc) is 2.64. The van der Waals surface area contributed by atoms with Gasteiger partial charge in [0.15, 0.2) is 12.4 Å². The molecule has 1 aromatic carbocycles. The molecule has 1 aromatic rings. The summed E-state index contributed by atoms with van der Waals surface area (Å²) in [5, 5.41) is 31.2. The van der Waals surface area contributed by atoms with Gasteiger partial charge in [-0.3, -0.25) is 14.9 Å². The Morgan fingerprint density at radius 1 is 1.13 bits per heavy atom. The monoisotopic (exact) mass is 458 g/mol. The summed E-state index contributed by atoms with van der Waals surface area (Å²) in [5.74, 6) is -11.8. The van der Waals surface area contributed by atoms with Crippen LogP contribution >= 0.6 is 0 Å². The summed E-state index contributed by atoms with van der Waals surface area (Å²) in [4.78, 5) is 45.0. The van der Waals surface area contributed by atoms with E-state index < -0.39 is 70.4 Å². The summed E-state index contributed by atoms with van der Waals surface area (Å²) in [7, 11) is 0. The lowest BCUT2D eigenvalue weighted by molar-refractivity contribution is -0.386. The van der Waals surface area contributed by atoms with Crippen LogP contribution in [0.4, 0.5) is 27.6 Å². The number of carboxylic acid groups (broad SMARTS) is 2. The van der Waals surface area contributed by atoms with E-state index in [-0.39, 0.29) is 6.42 Å². The van der Waals surface area contributed by atoms with Crippen LogP contribution in [-0.4, -0.2) is 57.2 Å². The third-order valence-electron chi connectivity index (χ3n) is 3.92. The van der Waals surface area contributed by atoms with Crippen molar-refractivity contribution in [2.45, 2.75) is 37.4 Å². The Balaban J connectivity index is 3.31. The molecule has 0 saturated carbocycles. The number of nitrogens with zero attached hydrogens (tertiary/aromatic N) is 1. The van der Waals surface area contributed by atoms with Gasteiger partial charge in [0.1, 0.15) is 0 Å². The molecule has 0 aromatic heterocycles. The van der Waals surface area contributed by atoms with E-state index in [4.69, 9.17) is 0 Å². The van der Waals surface area contributed by atoms with E-state index in [0.29, 0.717) is 18.2 Å². The fourth-order valence-corrected chi connectivity index (χ4v) is 2.29. The van der Waals surface area contributed by atoms with Gasteiger partial charge < -0.3 is 20.3 Å². The molecule has 172 valence electrons. The number of carbonyl (C=O) groups is 3. The van der Waals surface area contributed by atoms with E-state index in [1.807, 2.05) is 0 Å². The lowest BCUT2D eigenvalue weighted by atomic mass is 9.93. The Bertz CT molecular complexity index is 873. The number of carboxylic acids is 2. The van der Waals surface area contributed by atoms with Crippen LogP contribution in [0, 0.1) is 10.1 Å². The maximum atomic E-state index is 13.1. The molecule has 10 nitrogen and oxygen atoms in total. The molecular formula is C16H15F5N2O8. The van der Waals surface area contributed by atoms with Crippen molar-refractivity contribution >= 4 is 23.5 Å². The number of amides is 1. The fraction of sp³-hybridized carbons (Fsp3) is 0.438. The zero-order valence-electron chi connectivity index (χ0n) is 15.5. The summed E-state index contributed by atoms with van der Waals surface area (Å²) < 4.78 is 67.2. The summed E-state index contributed by atoms with van der Waals surface area (Å²) in [6.07, 6.45) is -6.57. The smallest absolute Gasteiger partial charge is 0.456 e. The minimum atomic E-state index is -6.01. The number of nitro benzene ring substituents is 1. The third-order valence-corrected chi connectivity index (χ3v) is 3.92. The summed E-state index contributed by atoms with van der Waals surface area (Å²) in [5.41, 5.74) is -4.53. The maximum Gasteiger partial charge on any atom is 0.456 e. The Morgan fingerprint density at radius 2 is 1.68 bits per heavy atom. The molecule has 1 rings (SSSR count). The number of aliphatic carboxylic acids is 2. The largest absolute Gasteiger partial charge is 0.480 e. The number of hydrogen-bond acceptors (Lipinski definition) is 6. The first-order chi connectivity index (χ1) is 14.1. The van der Waals surface area contributed by atoms with Crippen molar-refractivity contribution in [2.75, 3.05) is 6.61 Å². The van der Waals surface area contributed by atoms with Crippen LogP contribution < -0.4 is 10.1 Å². The molecule has 0 radical (unpaired) electrons. The van der Waals surface area contributed by atoms with Crippen molar-refractivity contribution in [1.82, 2.24) is 5.32 Å². The first kappa shape index (κ1) is 25.5. The zero-order chi connectivity index (χ0) is 24.2. The number of alkyl halides is 5. The highest BCUT2D eigenvalue weighted by molar-refractivity contribution is 6.09. The van der Waals surface area contributed by atoms with Crippen LogP contribution in [0.1, 0.15) is 30.1 Å². The average molecular weight is 458 g/mol. The molecule has 0 fully saturated rings. The van der Waals surface area contributed by atoms with E-state index in [9.17, 15) is 56.7 Å². The van der Waals surface area contributed by atoms with E-state index in [1.165, 1.54) is 6.92 Å². The van der Waals surface area contributed by atoms with Crippen LogP contribution in [0.5, 0.6) is 5.75 Å². The number of nitro groups is 1. The van der Waals surface area contributed by atoms with Crippen LogP contribution in [0.25, 0.3) is 0 Å². The van der Waals surface area contributed by atoms with Crippen molar-refractivity contribution in [1.29, 1.82) is 0 Å². The minimum Gasteiger partial charge on any atom is -0.480 e. The van der Waals surface area contributed by atoms with Gasteiger partial charge in [-0.15, -0.1) is 0 Å². The zero-order valence-corrected chi connectivity index (χ0v) is 15.5. The van der Waals surface area contributed by atoms with Crippen molar-refractivity contribution in [2.24, 2.45) is 0 Å². The molecule has 0 aliphatic carbocycles. The molecule has 31 heavy (non-hydrogen) atoms. The number of carbonyl (C=O) groups excluding carboxylic acids is 1. The van der Waals surface area contributed by atoms with Crippen molar-refractivity contribution in [3.05, 3.63) is 33.9 Å². The first-order valence-electron chi connectivity index (χ1n) is 8.24. The van der Waals surface area contributed by atoms with Gasteiger partial charge in [-0.05, 0) is 12.5 Å². The Morgan fingerprint density at radius 3 is 2.10 bits per heavy atom. The summed E-state index contributed by atoms with van der Waals surface area (Å²) in [6.45, 7) is -0.919.